The monoisotopic (exact) mass is 340 g/mol. The van der Waals surface area contributed by atoms with Crippen LogP contribution in [0.4, 0.5) is 11.4 Å². The first-order valence-electron chi connectivity index (χ1n) is 8.16. The normalized spacial score (nSPS) is 10.9. The quantitative estimate of drug-likeness (QED) is 0.846. The largest absolute Gasteiger partial charge is 0.459 e. The molecule has 132 valence electrons. The van der Waals surface area contributed by atoms with Crippen molar-refractivity contribution in [2.75, 3.05) is 18.5 Å². The van der Waals surface area contributed by atoms with Gasteiger partial charge in [-0.25, -0.2) is 0 Å². The molecular formula is C20H24N2O3. The van der Waals surface area contributed by atoms with Crippen molar-refractivity contribution < 1.29 is 14.3 Å². The van der Waals surface area contributed by atoms with Gasteiger partial charge in [-0.15, -0.1) is 0 Å². The predicted molar refractivity (Wildman–Crippen MR) is 99.1 cm³/mol. The third-order valence-electron chi connectivity index (χ3n) is 3.47. The molecule has 2 aromatic rings. The summed E-state index contributed by atoms with van der Waals surface area (Å²) in [5.41, 5.74) is 1.65. The fourth-order valence-electron chi connectivity index (χ4n) is 2.37. The number of benzene rings is 2. The number of hydrogen-bond donors (Lipinski definition) is 1. The molecule has 0 aliphatic rings. The summed E-state index contributed by atoms with van der Waals surface area (Å²) in [6.07, 6.45) is 0. The number of nitrogens with one attached hydrogen (secondary N) is 1. The van der Waals surface area contributed by atoms with E-state index in [1.807, 2.05) is 54.4 Å². The topological polar surface area (TPSA) is 58.6 Å². The van der Waals surface area contributed by atoms with Crippen LogP contribution in [0.15, 0.2) is 54.6 Å². The predicted octanol–water partition coefficient (Wildman–Crippen LogP) is 3.53. The van der Waals surface area contributed by atoms with Gasteiger partial charge in [0.1, 0.15) is 12.1 Å². The van der Waals surface area contributed by atoms with Crippen molar-refractivity contribution in [3.05, 3.63) is 60.2 Å². The highest BCUT2D eigenvalue weighted by Gasteiger charge is 2.19. The summed E-state index contributed by atoms with van der Waals surface area (Å²) in [5.74, 6) is -0.779. The number of ether oxygens (including phenoxy) is 1. The molecule has 0 saturated heterocycles. The first-order valence-corrected chi connectivity index (χ1v) is 8.16. The highest BCUT2D eigenvalue weighted by Crippen LogP contribution is 2.26. The van der Waals surface area contributed by atoms with Gasteiger partial charge in [-0.3, -0.25) is 9.59 Å². The molecular weight excluding hydrogens is 316 g/mol. The Morgan fingerprint density at radius 1 is 1.00 bits per heavy atom. The summed E-state index contributed by atoms with van der Waals surface area (Å²) < 4.78 is 5.21. The van der Waals surface area contributed by atoms with Crippen LogP contribution in [-0.4, -0.2) is 31.1 Å². The number of nitrogens with zero attached hydrogens (tertiary/aromatic N) is 1. The molecule has 0 heterocycles. The summed E-state index contributed by atoms with van der Waals surface area (Å²) in [6, 6.07) is 17.0. The molecule has 0 aromatic heterocycles. The van der Waals surface area contributed by atoms with Crippen molar-refractivity contribution in [2.45, 2.75) is 26.4 Å². The summed E-state index contributed by atoms with van der Waals surface area (Å²) in [6.45, 7) is 5.20. The number of esters is 1. The summed E-state index contributed by atoms with van der Waals surface area (Å²) >= 11 is 0. The molecule has 2 rings (SSSR count). The molecule has 0 aliphatic carbocycles. The first kappa shape index (κ1) is 18.5. The number of rotatable bonds is 5. The smallest absolute Gasteiger partial charge is 0.325 e. The molecule has 25 heavy (non-hydrogen) atoms. The molecule has 0 unspecified atom stereocenters. The Labute approximate surface area is 148 Å². The molecule has 0 atom stereocenters. The van der Waals surface area contributed by atoms with Gasteiger partial charge in [0.05, 0.1) is 11.3 Å². The number of carbonyl (C=O) groups excluding carboxylic acids is 2. The van der Waals surface area contributed by atoms with Crippen molar-refractivity contribution in [1.29, 1.82) is 0 Å². The second-order valence-electron chi connectivity index (χ2n) is 6.68. The highest BCUT2D eigenvalue weighted by atomic mass is 16.6. The highest BCUT2D eigenvalue weighted by molar-refractivity contribution is 6.01. The maximum atomic E-state index is 12.5. The van der Waals surface area contributed by atoms with Gasteiger partial charge in [0.15, 0.2) is 0 Å². The van der Waals surface area contributed by atoms with Gasteiger partial charge < -0.3 is 15.0 Å². The second kappa shape index (κ2) is 7.83. The molecule has 0 saturated carbocycles. The fourth-order valence-corrected chi connectivity index (χ4v) is 2.37. The summed E-state index contributed by atoms with van der Waals surface area (Å²) in [4.78, 5) is 26.2. The Bertz CT molecular complexity index is 736. The van der Waals surface area contributed by atoms with Gasteiger partial charge in [0, 0.05) is 12.7 Å². The number of carbonyl (C=O) groups is 2. The number of hydrogen-bond acceptors (Lipinski definition) is 4. The molecule has 5 nitrogen and oxygen atoms in total. The van der Waals surface area contributed by atoms with E-state index < -0.39 is 11.6 Å². The van der Waals surface area contributed by atoms with Crippen LogP contribution in [0.2, 0.25) is 0 Å². The van der Waals surface area contributed by atoms with Crippen molar-refractivity contribution in [3.63, 3.8) is 0 Å². The SMILES string of the molecule is CN(c1ccccc1)c1ccccc1C(=O)NCC(=O)OC(C)(C)C. The zero-order valence-electron chi connectivity index (χ0n) is 15.1. The molecule has 0 bridgehead atoms. The molecule has 1 N–H and O–H groups in total. The third-order valence-corrected chi connectivity index (χ3v) is 3.47. The molecule has 5 heteroatoms. The molecule has 0 aliphatic heterocycles. The molecule has 2 aromatic carbocycles. The van der Waals surface area contributed by atoms with E-state index in [1.165, 1.54) is 0 Å². The van der Waals surface area contributed by atoms with E-state index in [2.05, 4.69) is 5.32 Å². The van der Waals surface area contributed by atoms with E-state index >= 15 is 0 Å². The van der Waals surface area contributed by atoms with Gasteiger partial charge in [-0.05, 0) is 45.0 Å². The fraction of sp³-hybridized carbons (Fsp3) is 0.300. The average molecular weight is 340 g/mol. The van der Waals surface area contributed by atoms with E-state index in [-0.39, 0.29) is 12.5 Å². The summed E-state index contributed by atoms with van der Waals surface area (Å²) in [5, 5.41) is 2.63. The van der Waals surface area contributed by atoms with E-state index in [1.54, 1.807) is 32.9 Å². The zero-order valence-corrected chi connectivity index (χ0v) is 15.1. The lowest BCUT2D eigenvalue weighted by Crippen LogP contribution is -2.35. The van der Waals surface area contributed by atoms with Crippen LogP contribution in [-0.2, 0) is 9.53 Å². The van der Waals surface area contributed by atoms with Crippen molar-refractivity contribution in [2.24, 2.45) is 0 Å². The van der Waals surface area contributed by atoms with Crippen LogP contribution in [0, 0.1) is 0 Å². The van der Waals surface area contributed by atoms with E-state index in [4.69, 9.17) is 4.74 Å². The van der Waals surface area contributed by atoms with Crippen LogP contribution in [0.5, 0.6) is 0 Å². The van der Waals surface area contributed by atoms with Gasteiger partial charge in [-0.2, -0.15) is 0 Å². The Balaban J connectivity index is 2.12. The minimum Gasteiger partial charge on any atom is -0.459 e. The van der Waals surface area contributed by atoms with Crippen molar-refractivity contribution >= 4 is 23.3 Å². The van der Waals surface area contributed by atoms with E-state index in [0.29, 0.717) is 5.56 Å². The minimum absolute atomic E-state index is 0.167. The number of amides is 1. The second-order valence-corrected chi connectivity index (χ2v) is 6.68. The van der Waals surface area contributed by atoms with Gasteiger partial charge in [-0.1, -0.05) is 30.3 Å². The van der Waals surface area contributed by atoms with Crippen LogP contribution < -0.4 is 10.2 Å². The first-order chi connectivity index (χ1) is 11.8. The van der Waals surface area contributed by atoms with Gasteiger partial charge in [0.2, 0.25) is 0 Å². The number of para-hydroxylation sites is 2. The molecule has 0 radical (unpaired) electrons. The average Bonchev–Trinajstić information content (AvgIpc) is 2.58. The molecule has 1 amide bonds. The zero-order chi connectivity index (χ0) is 18.4. The Hall–Kier alpha value is -2.82. The van der Waals surface area contributed by atoms with Crippen LogP contribution in [0.1, 0.15) is 31.1 Å². The maximum absolute atomic E-state index is 12.5. The van der Waals surface area contributed by atoms with Crippen LogP contribution in [0.25, 0.3) is 0 Å². The number of anilines is 2. The third kappa shape index (κ3) is 5.35. The Morgan fingerprint density at radius 3 is 2.24 bits per heavy atom. The Kier molecular flexibility index (Phi) is 5.80. The van der Waals surface area contributed by atoms with Crippen molar-refractivity contribution in [1.82, 2.24) is 5.32 Å². The van der Waals surface area contributed by atoms with E-state index in [0.717, 1.165) is 11.4 Å². The lowest BCUT2D eigenvalue weighted by atomic mass is 10.1. The minimum atomic E-state index is -0.576. The van der Waals surface area contributed by atoms with Crippen LogP contribution >= 0.6 is 0 Å². The summed E-state index contributed by atoms with van der Waals surface area (Å²) in [7, 11) is 1.90. The standard InChI is InChI=1S/C20H24N2O3/c1-20(2,3)25-18(23)14-21-19(24)16-12-8-9-13-17(16)22(4)15-10-6-5-7-11-15/h5-13H,14H2,1-4H3,(H,21,24). The molecule has 0 spiro atoms. The van der Waals surface area contributed by atoms with Crippen LogP contribution in [0.3, 0.4) is 0 Å². The lowest BCUT2D eigenvalue weighted by Gasteiger charge is -2.22. The Morgan fingerprint density at radius 2 is 1.60 bits per heavy atom. The van der Waals surface area contributed by atoms with Crippen molar-refractivity contribution in [3.8, 4) is 0 Å². The lowest BCUT2D eigenvalue weighted by molar-refractivity contribution is -0.153. The molecule has 0 fully saturated rings. The van der Waals surface area contributed by atoms with Gasteiger partial charge >= 0.3 is 5.97 Å². The maximum Gasteiger partial charge on any atom is 0.325 e. The van der Waals surface area contributed by atoms with Gasteiger partial charge in [0.25, 0.3) is 5.91 Å². The van der Waals surface area contributed by atoms with E-state index in [9.17, 15) is 9.59 Å².